The fourth-order valence-electron chi connectivity index (χ4n) is 2.61. The van der Waals surface area contributed by atoms with Gasteiger partial charge in [0.25, 0.3) is 0 Å². The SMILES string of the molecule is CN1c2ccccc2CC1C(=O)OCc1ccccc1. The number of anilines is 1. The smallest absolute Gasteiger partial charge is 0.329 e. The third-order valence-corrected chi connectivity index (χ3v) is 3.75. The van der Waals surface area contributed by atoms with Crippen LogP contribution in [0.15, 0.2) is 54.6 Å². The maximum Gasteiger partial charge on any atom is 0.329 e. The number of fused-ring (bicyclic) bond motifs is 1. The minimum Gasteiger partial charge on any atom is -0.459 e. The standard InChI is InChI=1S/C17H17NO2/c1-18-15-10-6-5-9-14(15)11-16(18)17(19)20-12-13-7-3-2-4-8-13/h2-10,16H,11-12H2,1H3. The summed E-state index contributed by atoms with van der Waals surface area (Å²) in [6, 6.07) is 17.7. The van der Waals surface area contributed by atoms with Crippen molar-refractivity contribution in [1.82, 2.24) is 0 Å². The number of nitrogens with zero attached hydrogens (tertiary/aromatic N) is 1. The van der Waals surface area contributed by atoms with Crippen LogP contribution in [-0.4, -0.2) is 19.1 Å². The van der Waals surface area contributed by atoms with E-state index in [1.165, 1.54) is 5.56 Å². The molecule has 1 aliphatic rings. The summed E-state index contributed by atoms with van der Waals surface area (Å²) < 4.78 is 5.43. The second-order valence-corrected chi connectivity index (χ2v) is 5.05. The highest BCUT2D eigenvalue weighted by Crippen LogP contribution is 2.30. The van der Waals surface area contributed by atoms with Gasteiger partial charge in [0, 0.05) is 19.2 Å². The van der Waals surface area contributed by atoms with Crippen molar-refractivity contribution in [3.63, 3.8) is 0 Å². The molecule has 0 radical (unpaired) electrons. The summed E-state index contributed by atoms with van der Waals surface area (Å²) in [7, 11) is 1.94. The number of benzene rings is 2. The Bertz CT molecular complexity index is 609. The Labute approximate surface area is 118 Å². The lowest BCUT2D eigenvalue weighted by atomic mass is 10.1. The van der Waals surface area contributed by atoms with Crippen molar-refractivity contribution in [2.75, 3.05) is 11.9 Å². The zero-order chi connectivity index (χ0) is 13.9. The molecule has 0 fully saturated rings. The predicted molar refractivity (Wildman–Crippen MR) is 78.6 cm³/mol. The third kappa shape index (κ3) is 2.39. The summed E-state index contributed by atoms with van der Waals surface area (Å²) in [5, 5.41) is 0. The molecule has 0 amide bonds. The molecule has 0 aromatic heterocycles. The largest absolute Gasteiger partial charge is 0.459 e. The van der Waals surface area contributed by atoms with Crippen LogP contribution in [0.3, 0.4) is 0 Å². The molecule has 1 atom stereocenters. The summed E-state index contributed by atoms with van der Waals surface area (Å²) in [5.41, 5.74) is 3.34. The van der Waals surface area contributed by atoms with Gasteiger partial charge >= 0.3 is 5.97 Å². The number of ether oxygens (including phenoxy) is 1. The Morgan fingerprint density at radius 1 is 1.15 bits per heavy atom. The molecule has 0 aliphatic carbocycles. The van der Waals surface area contributed by atoms with Gasteiger partial charge in [0.15, 0.2) is 0 Å². The van der Waals surface area contributed by atoms with E-state index in [-0.39, 0.29) is 12.0 Å². The maximum atomic E-state index is 12.2. The first-order valence-corrected chi connectivity index (χ1v) is 6.77. The highest BCUT2D eigenvalue weighted by atomic mass is 16.5. The molecule has 0 saturated heterocycles. The molecule has 3 nitrogen and oxygen atoms in total. The van der Waals surface area contributed by atoms with E-state index < -0.39 is 0 Å². The molecule has 0 N–H and O–H groups in total. The summed E-state index contributed by atoms with van der Waals surface area (Å²) in [6.07, 6.45) is 0.723. The zero-order valence-electron chi connectivity index (χ0n) is 11.5. The van der Waals surface area contributed by atoms with Gasteiger partial charge in [-0.15, -0.1) is 0 Å². The minimum atomic E-state index is -0.212. The molecule has 0 bridgehead atoms. The van der Waals surface area contributed by atoms with Gasteiger partial charge in [-0.3, -0.25) is 0 Å². The lowest BCUT2D eigenvalue weighted by Gasteiger charge is -2.21. The minimum absolute atomic E-state index is 0.160. The first-order chi connectivity index (χ1) is 9.75. The van der Waals surface area contributed by atoms with E-state index in [1.54, 1.807) is 0 Å². The van der Waals surface area contributed by atoms with Gasteiger partial charge in [-0.1, -0.05) is 48.5 Å². The van der Waals surface area contributed by atoms with Crippen molar-refractivity contribution in [3.8, 4) is 0 Å². The normalized spacial score (nSPS) is 16.9. The fourth-order valence-corrected chi connectivity index (χ4v) is 2.61. The molecule has 2 aromatic rings. The Kier molecular flexibility index (Phi) is 3.42. The van der Waals surface area contributed by atoms with E-state index in [9.17, 15) is 4.79 Å². The van der Waals surface area contributed by atoms with Gasteiger partial charge in [0.1, 0.15) is 12.6 Å². The molecule has 1 aliphatic heterocycles. The van der Waals surface area contributed by atoms with Crippen LogP contribution in [-0.2, 0) is 22.6 Å². The molecular weight excluding hydrogens is 250 g/mol. The van der Waals surface area contributed by atoms with Crippen molar-refractivity contribution >= 4 is 11.7 Å². The fraction of sp³-hybridized carbons (Fsp3) is 0.235. The van der Waals surface area contributed by atoms with Crippen molar-refractivity contribution < 1.29 is 9.53 Å². The Morgan fingerprint density at radius 2 is 1.85 bits per heavy atom. The second-order valence-electron chi connectivity index (χ2n) is 5.05. The molecule has 3 heteroatoms. The van der Waals surface area contributed by atoms with Crippen LogP contribution in [0.25, 0.3) is 0 Å². The average Bonchev–Trinajstić information content (AvgIpc) is 2.84. The lowest BCUT2D eigenvalue weighted by molar-refractivity contribution is -0.146. The Balaban J connectivity index is 1.65. The number of carbonyl (C=O) groups is 1. The lowest BCUT2D eigenvalue weighted by Crippen LogP contribution is -2.37. The summed E-state index contributed by atoms with van der Waals surface area (Å²) >= 11 is 0. The van der Waals surface area contributed by atoms with Crippen molar-refractivity contribution in [1.29, 1.82) is 0 Å². The van der Waals surface area contributed by atoms with Crippen LogP contribution in [0.1, 0.15) is 11.1 Å². The van der Waals surface area contributed by atoms with Crippen LogP contribution >= 0.6 is 0 Å². The average molecular weight is 267 g/mol. The van der Waals surface area contributed by atoms with Crippen LogP contribution in [0, 0.1) is 0 Å². The number of esters is 1. The topological polar surface area (TPSA) is 29.5 Å². The first kappa shape index (κ1) is 12.7. The summed E-state index contributed by atoms with van der Waals surface area (Å²) in [6.45, 7) is 0.334. The Morgan fingerprint density at radius 3 is 2.60 bits per heavy atom. The van der Waals surface area contributed by atoms with E-state index in [4.69, 9.17) is 4.74 Å². The molecule has 102 valence electrons. The van der Waals surface area contributed by atoms with Crippen molar-refractivity contribution in [2.24, 2.45) is 0 Å². The van der Waals surface area contributed by atoms with E-state index in [2.05, 4.69) is 6.07 Å². The molecule has 0 saturated carbocycles. The molecule has 1 heterocycles. The summed E-state index contributed by atoms with van der Waals surface area (Å²) in [5.74, 6) is -0.160. The molecular formula is C17H17NO2. The van der Waals surface area contributed by atoms with E-state index >= 15 is 0 Å². The number of hydrogen-bond donors (Lipinski definition) is 0. The third-order valence-electron chi connectivity index (χ3n) is 3.75. The maximum absolute atomic E-state index is 12.2. The molecule has 2 aromatic carbocycles. The van der Waals surface area contributed by atoms with Gasteiger partial charge in [0.05, 0.1) is 0 Å². The number of hydrogen-bond acceptors (Lipinski definition) is 3. The van der Waals surface area contributed by atoms with E-state index in [0.29, 0.717) is 6.61 Å². The van der Waals surface area contributed by atoms with Crippen LogP contribution in [0.4, 0.5) is 5.69 Å². The quantitative estimate of drug-likeness (QED) is 0.801. The number of rotatable bonds is 3. The zero-order valence-corrected chi connectivity index (χ0v) is 11.5. The monoisotopic (exact) mass is 267 g/mol. The molecule has 3 rings (SSSR count). The van der Waals surface area contributed by atoms with E-state index in [1.807, 2.05) is 60.5 Å². The summed E-state index contributed by atoms with van der Waals surface area (Å²) in [4.78, 5) is 14.2. The highest BCUT2D eigenvalue weighted by Gasteiger charge is 2.32. The second kappa shape index (κ2) is 5.37. The van der Waals surface area contributed by atoms with Gasteiger partial charge < -0.3 is 9.64 Å². The van der Waals surface area contributed by atoms with Crippen LogP contribution in [0.2, 0.25) is 0 Å². The number of para-hydroxylation sites is 1. The number of likely N-dealkylation sites (N-methyl/N-ethyl adjacent to an activating group) is 1. The van der Waals surface area contributed by atoms with Crippen LogP contribution < -0.4 is 4.90 Å². The van der Waals surface area contributed by atoms with Gasteiger partial charge in [-0.25, -0.2) is 4.79 Å². The van der Waals surface area contributed by atoms with E-state index in [0.717, 1.165) is 17.7 Å². The molecule has 0 spiro atoms. The van der Waals surface area contributed by atoms with Gasteiger partial charge in [0.2, 0.25) is 0 Å². The first-order valence-electron chi connectivity index (χ1n) is 6.77. The Hall–Kier alpha value is -2.29. The van der Waals surface area contributed by atoms with Gasteiger partial charge in [-0.05, 0) is 17.2 Å². The molecule has 1 unspecified atom stereocenters. The van der Waals surface area contributed by atoms with Crippen molar-refractivity contribution in [2.45, 2.75) is 19.1 Å². The van der Waals surface area contributed by atoms with Crippen molar-refractivity contribution in [3.05, 3.63) is 65.7 Å². The number of carbonyl (C=O) groups excluding carboxylic acids is 1. The molecule has 20 heavy (non-hydrogen) atoms. The predicted octanol–water partition coefficient (Wildman–Crippen LogP) is 2.79. The van der Waals surface area contributed by atoms with Crippen LogP contribution in [0.5, 0.6) is 0 Å². The highest BCUT2D eigenvalue weighted by molar-refractivity contribution is 5.83. The van der Waals surface area contributed by atoms with Gasteiger partial charge in [-0.2, -0.15) is 0 Å².